The van der Waals surface area contributed by atoms with Crippen molar-refractivity contribution in [1.29, 1.82) is 0 Å². The van der Waals surface area contributed by atoms with Crippen LogP contribution in [0, 0.1) is 0 Å². The maximum atomic E-state index is 10.6. The van der Waals surface area contributed by atoms with Crippen LogP contribution in [0.2, 0.25) is 0 Å². The van der Waals surface area contributed by atoms with Crippen LogP contribution in [0.3, 0.4) is 0 Å². The van der Waals surface area contributed by atoms with E-state index in [-0.39, 0.29) is 6.10 Å². The molecule has 0 aromatic heterocycles. The molecule has 4 nitrogen and oxygen atoms in total. The van der Waals surface area contributed by atoms with Crippen molar-refractivity contribution in [2.75, 3.05) is 13.2 Å². The molecular weight excluding hydrogens is 232 g/mol. The van der Waals surface area contributed by atoms with Crippen LogP contribution in [0.4, 0.5) is 0 Å². The minimum atomic E-state index is -1.07. The highest BCUT2D eigenvalue weighted by Crippen LogP contribution is 2.54. The minimum absolute atomic E-state index is 0.0531. The van der Waals surface area contributed by atoms with E-state index in [0.717, 1.165) is 24.8 Å². The maximum Gasteiger partial charge on any atom is 0.261 e. The third-order valence-electron chi connectivity index (χ3n) is 3.63. The van der Waals surface area contributed by atoms with Crippen molar-refractivity contribution in [3.63, 3.8) is 0 Å². The molecule has 0 saturated carbocycles. The summed E-state index contributed by atoms with van der Waals surface area (Å²) in [5.74, 6) is -0.353. The van der Waals surface area contributed by atoms with Crippen LogP contribution in [-0.2, 0) is 14.2 Å². The fraction of sp³-hybridized carbons (Fsp3) is 0.857. The first-order valence-electron chi connectivity index (χ1n) is 6.86. The van der Waals surface area contributed by atoms with Crippen molar-refractivity contribution in [2.24, 2.45) is 0 Å². The van der Waals surface area contributed by atoms with Crippen LogP contribution in [0.1, 0.15) is 47.0 Å². The molecule has 1 saturated heterocycles. The van der Waals surface area contributed by atoms with Gasteiger partial charge in [-0.2, -0.15) is 0 Å². The van der Waals surface area contributed by atoms with Gasteiger partial charge in [0.2, 0.25) is 0 Å². The Hall–Kier alpha value is -0.580. The fourth-order valence-electron chi connectivity index (χ4n) is 2.70. The van der Waals surface area contributed by atoms with Crippen LogP contribution < -0.4 is 0 Å². The van der Waals surface area contributed by atoms with E-state index in [1.54, 1.807) is 6.92 Å². The zero-order chi connectivity index (χ0) is 13.4. The predicted octanol–water partition coefficient (Wildman–Crippen LogP) is 2.36. The molecule has 0 bridgehead atoms. The smallest absolute Gasteiger partial charge is 0.261 e. The molecule has 2 rings (SSSR count). The van der Waals surface area contributed by atoms with E-state index in [4.69, 9.17) is 14.2 Å². The first-order valence-corrected chi connectivity index (χ1v) is 6.86. The number of hydrogen-bond donors (Lipinski definition) is 1. The molecule has 4 heteroatoms. The van der Waals surface area contributed by atoms with Crippen molar-refractivity contribution < 1.29 is 19.3 Å². The van der Waals surface area contributed by atoms with Crippen LogP contribution in [0.25, 0.3) is 0 Å². The molecule has 1 N–H and O–H groups in total. The van der Waals surface area contributed by atoms with Crippen molar-refractivity contribution in [3.8, 4) is 0 Å². The van der Waals surface area contributed by atoms with Crippen LogP contribution in [0.15, 0.2) is 11.3 Å². The minimum Gasteiger partial charge on any atom is -0.489 e. The summed E-state index contributed by atoms with van der Waals surface area (Å²) >= 11 is 0. The third-order valence-corrected chi connectivity index (χ3v) is 3.63. The maximum absolute atomic E-state index is 10.6. The van der Waals surface area contributed by atoms with Gasteiger partial charge in [0.25, 0.3) is 5.79 Å². The molecule has 1 atom stereocenters. The molecule has 104 valence electrons. The van der Waals surface area contributed by atoms with Gasteiger partial charge in [-0.3, -0.25) is 0 Å². The molecular formula is C14H24O4. The van der Waals surface area contributed by atoms with E-state index >= 15 is 0 Å². The fourth-order valence-corrected chi connectivity index (χ4v) is 2.70. The Labute approximate surface area is 109 Å². The summed E-state index contributed by atoms with van der Waals surface area (Å²) in [4.78, 5) is 0. The lowest BCUT2D eigenvalue weighted by molar-refractivity contribution is -0.276. The Morgan fingerprint density at radius 1 is 1.33 bits per heavy atom. The standard InChI is InChI=1S/C14H24O4/c1-5-6-7-11-12(18-10(2)3)14(13(11,4)15)16-8-9-17-14/h10,15H,5-9H2,1-4H3. The highest BCUT2D eigenvalue weighted by Gasteiger charge is 2.67. The van der Waals surface area contributed by atoms with Crippen molar-refractivity contribution in [2.45, 2.75) is 64.4 Å². The summed E-state index contributed by atoms with van der Waals surface area (Å²) in [7, 11) is 0. The quantitative estimate of drug-likeness (QED) is 0.820. The van der Waals surface area contributed by atoms with Gasteiger partial charge in [-0.1, -0.05) is 13.3 Å². The molecule has 0 aromatic carbocycles. The second-order valence-electron chi connectivity index (χ2n) is 5.46. The number of unbranched alkanes of at least 4 members (excludes halogenated alkanes) is 1. The molecule has 2 aliphatic rings. The highest BCUT2D eigenvalue weighted by molar-refractivity contribution is 5.43. The summed E-state index contributed by atoms with van der Waals surface area (Å²) in [6, 6.07) is 0. The zero-order valence-corrected chi connectivity index (χ0v) is 11.8. The predicted molar refractivity (Wildman–Crippen MR) is 68.0 cm³/mol. The number of aliphatic hydroxyl groups is 1. The second kappa shape index (κ2) is 4.83. The Balaban J connectivity index is 2.28. The number of rotatable bonds is 5. The van der Waals surface area contributed by atoms with Gasteiger partial charge < -0.3 is 19.3 Å². The Morgan fingerprint density at radius 2 is 1.94 bits per heavy atom. The van der Waals surface area contributed by atoms with Crippen LogP contribution in [-0.4, -0.2) is 35.8 Å². The normalized spacial score (nSPS) is 30.1. The van der Waals surface area contributed by atoms with E-state index in [1.807, 2.05) is 13.8 Å². The van der Waals surface area contributed by atoms with Gasteiger partial charge in [0.05, 0.1) is 19.3 Å². The average Bonchev–Trinajstić information content (AvgIpc) is 2.79. The third kappa shape index (κ3) is 1.87. The molecule has 0 amide bonds. The summed E-state index contributed by atoms with van der Waals surface area (Å²) < 4.78 is 17.2. The van der Waals surface area contributed by atoms with Crippen molar-refractivity contribution in [3.05, 3.63) is 11.3 Å². The summed E-state index contributed by atoms with van der Waals surface area (Å²) in [5, 5.41) is 10.6. The lowest BCUT2D eigenvalue weighted by Crippen LogP contribution is -2.65. The van der Waals surface area contributed by atoms with E-state index in [2.05, 4.69) is 6.92 Å². The Bertz CT molecular complexity index is 338. The molecule has 1 fully saturated rings. The SMILES string of the molecule is CCCCC1=C(OC(C)C)C2(OCCO2)C1(C)O. The lowest BCUT2D eigenvalue weighted by atomic mass is 9.71. The Morgan fingerprint density at radius 3 is 2.44 bits per heavy atom. The topological polar surface area (TPSA) is 47.9 Å². The monoisotopic (exact) mass is 256 g/mol. The van der Waals surface area contributed by atoms with E-state index in [1.165, 1.54) is 0 Å². The van der Waals surface area contributed by atoms with Crippen molar-refractivity contribution in [1.82, 2.24) is 0 Å². The van der Waals surface area contributed by atoms with Gasteiger partial charge in [0, 0.05) is 5.57 Å². The summed E-state index contributed by atoms with van der Waals surface area (Å²) in [6.07, 6.45) is 3.01. The van der Waals surface area contributed by atoms with E-state index in [0.29, 0.717) is 19.0 Å². The highest BCUT2D eigenvalue weighted by atomic mass is 16.8. The average molecular weight is 256 g/mol. The molecule has 1 aliphatic heterocycles. The lowest BCUT2D eigenvalue weighted by Gasteiger charge is -2.52. The first-order chi connectivity index (χ1) is 8.45. The largest absolute Gasteiger partial charge is 0.489 e. The first kappa shape index (κ1) is 13.8. The molecule has 0 radical (unpaired) electrons. The summed E-state index contributed by atoms with van der Waals surface area (Å²) in [6.45, 7) is 8.84. The van der Waals surface area contributed by atoms with Gasteiger partial charge in [0.1, 0.15) is 5.60 Å². The molecule has 1 aliphatic carbocycles. The summed E-state index contributed by atoms with van der Waals surface area (Å²) in [5.41, 5.74) is -0.136. The van der Waals surface area contributed by atoms with Gasteiger partial charge >= 0.3 is 0 Å². The second-order valence-corrected chi connectivity index (χ2v) is 5.46. The number of hydrogen-bond acceptors (Lipinski definition) is 4. The van der Waals surface area contributed by atoms with Gasteiger partial charge in [-0.15, -0.1) is 0 Å². The van der Waals surface area contributed by atoms with Crippen LogP contribution in [0.5, 0.6) is 0 Å². The number of ether oxygens (including phenoxy) is 3. The molecule has 18 heavy (non-hydrogen) atoms. The van der Waals surface area contributed by atoms with Gasteiger partial charge in [-0.05, 0) is 33.6 Å². The molecule has 1 spiro atoms. The molecule has 1 heterocycles. The van der Waals surface area contributed by atoms with Gasteiger partial charge in [-0.25, -0.2) is 0 Å². The Kier molecular flexibility index (Phi) is 3.72. The van der Waals surface area contributed by atoms with Crippen LogP contribution >= 0.6 is 0 Å². The van der Waals surface area contributed by atoms with Gasteiger partial charge in [0.15, 0.2) is 5.76 Å². The van der Waals surface area contributed by atoms with Crippen molar-refractivity contribution >= 4 is 0 Å². The molecule has 0 aromatic rings. The van der Waals surface area contributed by atoms with E-state index < -0.39 is 11.4 Å². The van der Waals surface area contributed by atoms with E-state index in [9.17, 15) is 5.11 Å². The zero-order valence-electron chi connectivity index (χ0n) is 11.8. The molecule has 1 unspecified atom stereocenters.